The largest absolute Gasteiger partial charge is 1.00 e. The molecular formula is C10H24Cl2N2O2. The lowest BCUT2D eigenvalue weighted by Gasteiger charge is -2.34. The molecule has 0 fully saturated rings. The van der Waals surface area contributed by atoms with Gasteiger partial charge >= 0.3 is 0 Å². The summed E-state index contributed by atoms with van der Waals surface area (Å²) in [5, 5.41) is 18.2. The molecule has 0 saturated heterocycles. The summed E-state index contributed by atoms with van der Waals surface area (Å²) >= 11 is 5.61. The van der Waals surface area contributed by atoms with E-state index < -0.39 is 6.10 Å². The Morgan fingerprint density at radius 1 is 1.38 bits per heavy atom. The molecule has 100 valence electrons. The van der Waals surface area contributed by atoms with Gasteiger partial charge in [-0.05, 0) is 25.6 Å². The van der Waals surface area contributed by atoms with Crippen LogP contribution in [0.2, 0.25) is 0 Å². The zero-order valence-electron chi connectivity index (χ0n) is 10.5. The third-order valence-corrected chi connectivity index (χ3v) is 3.03. The molecule has 0 heterocycles. The second kappa shape index (κ2) is 7.69. The van der Waals surface area contributed by atoms with E-state index in [1.807, 2.05) is 27.9 Å². The number of aliphatic hydroxyl groups is 2. The van der Waals surface area contributed by atoms with Crippen LogP contribution in [0.25, 0.3) is 0 Å². The van der Waals surface area contributed by atoms with Crippen molar-refractivity contribution in [2.45, 2.75) is 31.9 Å². The van der Waals surface area contributed by atoms with Crippen molar-refractivity contribution in [3.8, 4) is 0 Å². The van der Waals surface area contributed by atoms with Crippen LogP contribution in [0.15, 0.2) is 0 Å². The Morgan fingerprint density at radius 2 is 1.88 bits per heavy atom. The molecule has 3 N–H and O–H groups in total. The maximum absolute atomic E-state index is 9.37. The normalized spacial score (nSPS) is 14.4. The lowest BCUT2D eigenvalue weighted by Crippen LogP contribution is -3.00. The molecule has 1 atom stereocenters. The van der Waals surface area contributed by atoms with Crippen molar-refractivity contribution in [3.05, 3.63) is 0 Å². The predicted molar refractivity (Wildman–Crippen MR) is 62.6 cm³/mol. The molecule has 0 aromatic carbocycles. The summed E-state index contributed by atoms with van der Waals surface area (Å²) in [5.41, 5.74) is -0.110. The van der Waals surface area contributed by atoms with E-state index in [0.717, 1.165) is 13.0 Å². The highest BCUT2D eigenvalue weighted by molar-refractivity contribution is 6.13. The number of hydrogen-bond donors (Lipinski definition) is 3. The zero-order chi connectivity index (χ0) is 12.1. The fourth-order valence-electron chi connectivity index (χ4n) is 1.35. The molecular weight excluding hydrogens is 251 g/mol. The third kappa shape index (κ3) is 8.56. The minimum atomic E-state index is -0.646. The van der Waals surface area contributed by atoms with Crippen LogP contribution >= 0.6 is 11.8 Å². The average molecular weight is 275 g/mol. The van der Waals surface area contributed by atoms with E-state index in [1.165, 1.54) is 0 Å². The van der Waals surface area contributed by atoms with Gasteiger partial charge in [-0.1, -0.05) is 0 Å². The molecule has 6 heteroatoms. The molecule has 0 saturated carbocycles. The number of nitrogens with zero attached hydrogens (tertiary/aromatic N) is 1. The van der Waals surface area contributed by atoms with Crippen molar-refractivity contribution < 1.29 is 27.1 Å². The summed E-state index contributed by atoms with van der Waals surface area (Å²) in [5.74, 6) is 0. The van der Waals surface area contributed by atoms with Gasteiger partial charge in [0.2, 0.25) is 0 Å². The van der Waals surface area contributed by atoms with Gasteiger partial charge in [0, 0.05) is 12.0 Å². The first-order chi connectivity index (χ1) is 6.72. The molecule has 0 aliphatic rings. The minimum absolute atomic E-state index is 0. The van der Waals surface area contributed by atoms with Crippen molar-refractivity contribution in [1.29, 1.82) is 0 Å². The van der Waals surface area contributed by atoms with E-state index in [-0.39, 0.29) is 24.6 Å². The van der Waals surface area contributed by atoms with Crippen molar-refractivity contribution >= 4 is 11.8 Å². The Bertz CT molecular complexity index is 190. The number of halogens is 2. The summed E-state index contributed by atoms with van der Waals surface area (Å²) in [6.07, 6.45) is 0.258. The first-order valence-corrected chi connectivity index (χ1v) is 5.59. The highest BCUT2D eigenvalue weighted by Crippen LogP contribution is 2.12. The Balaban J connectivity index is 0. The number of nitrogens with one attached hydrogen (secondary N) is 1. The van der Waals surface area contributed by atoms with Crippen LogP contribution in [-0.2, 0) is 0 Å². The first kappa shape index (κ1) is 18.8. The van der Waals surface area contributed by atoms with E-state index in [1.54, 1.807) is 0 Å². The topological polar surface area (TPSA) is 52.5 Å². The average Bonchev–Trinajstić information content (AvgIpc) is 2.14. The summed E-state index contributed by atoms with van der Waals surface area (Å²) in [7, 11) is 4.06. The van der Waals surface area contributed by atoms with Gasteiger partial charge < -0.3 is 27.1 Å². The summed E-state index contributed by atoms with van der Waals surface area (Å²) in [6.45, 7) is 5.32. The van der Waals surface area contributed by atoms with Crippen LogP contribution in [0, 0.1) is 0 Å². The van der Waals surface area contributed by atoms with E-state index in [2.05, 4.69) is 4.84 Å². The first-order valence-electron chi connectivity index (χ1n) is 5.21. The van der Waals surface area contributed by atoms with Crippen LogP contribution < -0.4 is 17.2 Å². The van der Waals surface area contributed by atoms with Crippen LogP contribution in [0.1, 0.15) is 20.3 Å². The maximum atomic E-state index is 9.37. The minimum Gasteiger partial charge on any atom is -1.00 e. The van der Waals surface area contributed by atoms with Gasteiger partial charge in [0.1, 0.15) is 12.6 Å². The fourth-order valence-corrected chi connectivity index (χ4v) is 1.44. The van der Waals surface area contributed by atoms with Crippen LogP contribution in [0.5, 0.6) is 0 Å². The molecule has 0 aromatic rings. The Morgan fingerprint density at radius 3 is 2.25 bits per heavy atom. The summed E-state index contributed by atoms with van der Waals surface area (Å²) in [6, 6.07) is 0. The molecule has 0 spiro atoms. The molecule has 0 aliphatic carbocycles. The van der Waals surface area contributed by atoms with Gasteiger partial charge in [-0.15, -0.1) is 0 Å². The van der Waals surface area contributed by atoms with Gasteiger partial charge in [-0.2, -0.15) is 0 Å². The summed E-state index contributed by atoms with van der Waals surface area (Å²) < 4.78 is 0.670. The number of hydrogen-bond acceptors (Lipinski definition) is 3. The van der Waals surface area contributed by atoms with Crippen molar-refractivity contribution in [2.75, 3.05) is 33.8 Å². The summed E-state index contributed by atoms with van der Waals surface area (Å²) in [4.78, 5) is 2.73. The number of likely N-dealkylation sites (N-methyl/N-ethyl adjacent to an activating group) is 1. The molecule has 0 aliphatic heterocycles. The highest BCUT2D eigenvalue weighted by atomic mass is 35.5. The Labute approximate surface area is 110 Å². The van der Waals surface area contributed by atoms with E-state index >= 15 is 0 Å². The van der Waals surface area contributed by atoms with E-state index in [4.69, 9.17) is 16.9 Å². The van der Waals surface area contributed by atoms with Crippen molar-refractivity contribution in [1.82, 2.24) is 4.84 Å². The SMILES string of the molecule is CC(C)(CC[N+](C)(C)CC(O)CO)NCl.[Cl-]. The van der Waals surface area contributed by atoms with Crippen LogP contribution in [-0.4, -0.2) is 60.1 Å². The van der Waals surface area contributed by atoms with E-state index in [9.17, 15) is 5.11 Å². The number of quaternary nitrogens is 1. The Hall–Kier alpha value is 0.420. The smallest absolute Gasteiger partial charge is 0.126 e. The molecule has 1 unspecified atom stereocenters. The van der Waals surface area contributed by atoms with Gasteiger partial charge in [-0.3, -0.25) is 0 Å². The lowest BCUT2D eigenvalue weighted by molar-refractivity contribution is -0.894. The van der Waals surface area contributed by atoms with E-state index in [0.29, 0.717) is 11.0 Å². The maximum Gasteiger partial charge on any atom is 0.126 e. The standard InChI is InChI=1S/C10H24ClN2O2.ClH/c1-10(2,12-11)5-6-13(3,4)7-9(15)8-14;/h9,12,14-15H,5-8H2,1-4H3;1H/q+1;/p-1. The van der Waals surface area contributed by atoms with Gasteiger partial charge in [0.15, 0.2) is 0 Å². The zero-order valence-corrected chi connectivity index (χ0v) is 12.0. The lowest BCUT2D eigenvalue weighted by atomic mass is 10.0. The van der Waals surface area contributed by atoms with Crippen LogP contribution in [0.4, 0.5) is 0 Å². The molecule has 0 aromatic heterocycles. The molecule has 0 rings (SSSR count). The third-order valence-electron chi connectivity index (χ3n) is 2.51. The second-order valence-corrected chi connectivity index (χ2v) is 5.60. The molecule has 0 radical (unpaired) electrons. The van der Waals surface area contributed by atoms with Crippen molar-refractivity contribution in [3.63, 3.8) is 0 Å². The highest BCUT2D eigenvalue weighted by Gasteiger charge is 2.24. The van der Waals surface area contributed by atoms with Gasteiger partial charge in [0.05, 0.1) is 27.2 Å². The number of rotatable bonds is 7. The molecule has 0 bridgehead atoms. The quantitative estimate of drug-likeness (QED) is 0.351. The predicted octanol–water partition coefficient (Wildman–Crippen LogP) is -2.67. The van der Waals surface area contributed by atoms with Crippen LogP contribution in [0.3, 0.4) is 0 Å². The van der Waals surface area contributed by atoms with Gasteiger partial charge in [0.25, 0.3) is 0 Å². The van der Waals surface area contributed by atoms with Gasteiger partial charge in [-0.25, -0.2) is 4.84 Å². The molecule has 16 heavy (non-hydrogen) atoms. The number of aliphatic hydroxyl groups excluding tert-OH is 2. The molecule has 4 nitrogen and oxygen atoms in total. The Kier molecular flexibility index (Phi) is 9.02. The molecule has 0 amide bonds. The van der Waals surface area contributed by atoms with Crippen molar-refractivity contribution in [2.24, 2.45) is 0 Å². The monoisotopic (exact) mass is 274 g/mol. The fraction of sp³-hybridized carbons (Fsp3) is 1.00. The second-order valence-electron chi connectivity index (χ2n) is 5.41.